The first-order chi connectivity index (χ1) is 5.56. The first kappa shape index (κ1) is 11.5. The molecular formula is C10H20OSi. The lowest BCUT2D eigenvalue weighted by Gasteiger charge is -2.14. The van der Waals surface area contributed by atoms with Crippen molar-refractivity contribution >= 4 is 8.32 Å². The molecule has 0 heterocycles. The van der Waals surface area contributed by atoms with Crippen LogP contribution in [0.3, 0.4) is 0 Å². The molecule has 0 saturated carbocycles. The smallest absolute Gasteiger partial charge is 0.241 e. The van der Waals surface area contributed by atoms with Gasteiger partial charge in [0.2, 0.25) is 8.32 Å². The van der Waals surface area contributed by atoms with Crippen LogP contribution in [0.25, 0.3) is 0 Å². The zero-order valence-electron chi connectivity index (χ0n) is 8.63. The van der Waals surface area contributed by atoms with E-state index in [2.05, 4.69) is 32.6 Å². The van der Waals surface area contributed by atoms with E-state index in [4.69, 9.17) is 4.43 Å². The number of hydrogen-bond acceptors (Lipinski definition) is 1. The Balaban J connectivity index is 3.50. The molecule has 0 saturated heterocycles. The molecule has 0 aromatic carbocycles. The highest BCUT2D eigenvalue weighted by Gasteiger charge is 2.12. The SMILES string of the molecule is CCCC=CC=CO[Si](C)(C)C. The highest BCUT2D eigenvalue weighted by molar-refractivity contribution is 6.69. The van der Waals surface area contributed by atoms with Crippen molar-refractivity contribution < 1.29 is 4.43 Å². The number of unbranched alkanes of at least 4 members (excludes halogenated alkanes) is 1. The Kier molecular flexibility index (Phi) is 5.81. The summed E-state index contributed by atoms with van der Waals surface area (Å²) in [6.45, 7) is 8.69. The van der Waals surface area contributed by atoms with Crippen LogP contribution in [-0.4, -0.2) is 8.32 Å². The summed E-state index contributed by atoms with van der Waals surface area (Å²) in [4.78, 5) is 0. The lowest BCUT2D eigenvalue weighted by molar-refractivity contribution is 0.479. The van der Waals surface area contributed by atoms with E-state index in [1.54, 1.807) is 6.26 Å². The highest BCUT2D eigenvalue weighted by atomic mass is 28.4. The highest BCUT2D eigenvalue weighted by Crippen LogP contribution is 2.02. The molecule has 0 aliphatic carbocycles. The molecule has 0 aliphatic heterocycles. The van der Waals surface area contributed by atoms with Crippen molar-refractivity contribution in [2.24, 2.45) is 0 Å². The Labute approximate surface area is 77.3 Å². The van der Waals surface area contributed by atoms with Gasteiger partial charge in [-0.15, -0.1) is 0 Å². The summed E-state index contributed by atoms with van der Waals surface area (Å²) in [6, 6.07) is 0. The zero-order valence-corrected chi connectivity index (χ0v) is 9.63. The van der Waals surface area contributed by atoms with Crippen LogP contribution < -0.4 is 0 Å². The first-order valence-corrected chi connectivity index (χ1v) is 7.96. The Morgan fingerprint density at radius 2 is 1.83 bits per heavy atom. The van der Waals surface area contributed by atoms with Crippen molar-refractivity contribution in [1.29, 1.82) is 0 Å². The Morgan fingerprint density at radius 3 is 2.33 bits per heavy atom. The lowest BCUT2D eigenvalue weighted by atomic mass is 10.3. The molecule has 0 fully saturated rings. The topological polar surface area (TPSA) is 9.23 Å². The summed E-state index contributed by atoms with van der Waals surface area (Å²) in [6.07, 6.45) is 10.3. The quantitative estimate of drug-likeness (QED) is 0.359. The van der Waals surface area contributed by atoms with Gasteiger partial charge in [0, 0.05) is 0 Å². The molecule has 0 unspecified atom stereocenters. The van der Waals surface area contributed by atoms with Crippen LogP contribution in [0.2, 0.25) is 19.6 Å². The molecule has 1 nitrogen and oxygen atoms in total. The second-order valence-corrected chi connectivity index (χ2v) is 8.24. The Morgan fingerprint density at radius 1 is 1.17 bits per heavy atom. The molecule has 0 spiro atoms. The van der Waals surface area contributed by atoms with Gasteiger partial charge in [0.15, 0.2) is 0 Å². The largest absolute Gasteiger partial charge is 0.550 e. The predicted molar refractivity (Wildman–Crippen MR) is 57.6 cm³/mol. The lowest BCUT2D eigenvalue weighted by Crippen LogP contribution is -2.21. The van der Waals surface area contributed by atoms with E-state index >= 15 is 0 Å². The maximum atomic E-state index is 5.52. The van der Waals surface area contributed by atoms with E-state index in [-0.39, 0.29) is 0 Å². The van der Waals surface area contributed by atoms with Crippen LogP contribution in [0.4, 0.5) is 0 Å². The molecule has 0 rings (SSSR count). The van der Waals surface area contributed by atoms with Gasteiger partial charge in [-0.1, -0.05) is 25.5 Å². The van der Waals surface area contributed by atoms with E-state index in [0.717, 1.165) is 6.42 Å². The fraction of sp³-hybridized carbons (Fsp3) is 0.600. The average molecular weight is 184 g/mol. The van der Waals surface area contributed by atoms with Crippen molar-refractivity contribution in [1.82, 2.24) is 0 Å². The third kappa shape index (κ3) is 9.50. The predicted octanol–water partition coefficient (Wildman–Crippen LogP) is 3.71. The van der Waals surface area contributed by atoms with Crippen molar-refractivity contribution in [2.45, 2.75) is 39.4 Å². The number of rotatable bonds is 5. The van der Waals surface area contributed by atoms with Gasteiger partial charge >= 0.3 is 0 Å². The maximum absolute atomic E-state index is 5.52. The van der Waals surface area contributed by atoms with Gasteiger partial charge in [0.05, 0.1) is 6.26 Å². The second-order valence-electron chi connectivity index (χ2n) is 3.78. The van der Waals surface area contributed by atoms with E-state index in [1.165, 1.54) is 6.42 Å². The molecule has 0 radical (unpaired) electrons. The molecule has 0 atom stereocenters. The molecule has 0 bridgehead atoms. The van der Waals surface area contributed by atoms with Gasteiger partial charge in [-0.25, -0.2) is 0 Å². The van der Waals surface area contributed by atoms with Crippen molar-refractivity contribution in [2.75, 3.05) is 0 Å². The third-order valence-electron chi connectivity index (χ3n) is 1.20. The van der Waals surface area contributed by atoms with Gasteiger partial charge in [-0.05, 0) is 32.1 Å². The van der Waals surface area contributed by atoms with Crippen LogP contribution in [0.1, 0.15) is 19.8 Å². The minimum absolute atomic E-state index is 1.15. The van der Waals surface area contributed by atoms with Crippen LogP contribution in [0.15, 0.2) is 24.5 Å². The monoisotopic (exact) mass is 184 g/mol. The summed E-state index contributed by atoms with van der Waals surface area (Å²) >= 11 is 0. The van der Waals surface area contributed by atoms with Crippen LogP contribution in [0, 0.1) is 0 Å². The second kappa shape index (κ2) is 6.06. The fourth-order valence-corrected chi connectivity index (χ4v) is 1.12. The average Bonchev–Trinajstić information content (AvgIpc) is 1.94. The fourth-order valence-electron chi connectivity index (χ4n) is 0.630. The number of allylic oxidation sites excluding steroid dienone is 3. The molecule has 2 heteroatoms. The van der Waals surface area contributed by atoms with Crippen molar-refractivity contribution in [3.05, 3.63) is 24.5 Å². The number of hydrogen-bond donors (Lipinski definition) is 0. The minimum atomic E-state index is -1.35. The molecular weight excluding hydrogens is 164 g/mol. The van der Waals surface area contributed by atoms with E-state index in [0.29, 0.717) is 0 Å². The summed E-state index contributed by atoms with van der Waals surface area (Å²) in [5.74, 6) is 0. The normalized spacial score (nSPS) is 13.0. The van der Waals surface area contributed by atoms with Crippen LogP contribution in [-0.2, 0) is 4.43 Å². The zero-order chi connectivity index (χ0) is 9.45. The molecule has 0 aromatic heterocycles. The minimum Gasteiger partial charge on any atom is -0.550 e. The molecule has 0 N–H and O–H groups in total. The van der Waals surface area contributed by atoms with Crippen molar-refractivity contribution in [3.63, 3.8) is 0 Å². The first-order valence-electron chi connectivity index (χ1n) is 4.56. The summed E-state index contributed by atoms with van der Waals surface area (Å²) in [7, 11) is -1.35. The van der Waals surface area contributed by atoms with Crippen LogP contribution in [0.5, 0.6) is 0 Å². The molecule has 70 valence electrons. The Hall–Kier alpha value is -0.503. The van der Waals surface area contributed by atoms with Gasteiger partial charge in [-0.2, -0.15) is 0 Å². The van der Waals surface area contributed by atoms with E-state index in [1.807, 2.05) is 12.2 Å². The Bertz CT molecular complexity index is 154. The van der Waals surface area contributed by atoms with Crippen molar-refractivity contribution in [3.8, 4) is 0 Å². The van der Waals surface area contributed by atoms with Gasteiger partial charge in [-0.3, -0.25) is 0 Å². The third-order valence-corrected chi connectivity index (χ3v) is 2.05. The van der Waals surface area contributed by atoms with Gasteiger partial charge in [0.25, 0.3) is 0 Å². The molecule has 0 aliphatic rings. The van der Waals surface area contributed by atoms with E-state index < -0.39 is 8.32 Å². The summed E-state index contributed by atoms with van der Waals surface area (Å²) in [5.41, 5.74) is 0. The molecule has 0 aromatic rings. The molecule has 12 heavy (non-hydrogen) atoms. The van der Waals surface area contributed by atoms with Gasteiger partial charge in [0.1, 0.15) is 0 Å². The molecule has 0 amide bonds. The van der Waals surface area contributed by atoms with E-state index in [9.17, 15) is 0 Å². The van der Waals surface area contributed by atoms with Gasteiger partial charge < -0.3 is 4.43 Å². The summed E-state index contributed by atoms with van der Waals surface area (Å²) < 4.78 is 5.52. The summed E-state index contributed by atoms with van der Waals surface area (Å²) in [5, 5.41) is 0. The maximum Gasteiger partial charge on any atom is 0.241 e. The van der Waals surface area contributed by atoms with Crippen LogP contribution >= 0.6 is 0 Å². The standard InChI is InChI=1S/C10H20OSi/c1-5-6-7-8-9-10-11-12(2,3)4/h7-10H,5-6H2,1-4H3.